The predicted molar refractivity (Wildman–Crippen MR) is 148 cm³/mol. The zero-order valence-corrected chi connectivity index (χ0v) is 23.4. The van der Waals surface area contributed by atoms with Gasteiger partial charge in [-0.2, -0.15) is 10.2 Å². The molecule has 3 aromatic heterocycles. The highest BCUT2D eigenvalue weighted by Crippen LogP contribution is 2.31. The average molecular weight is 571 g/mol. The predicted octanol–water partition coefficient (Wildman–Crippen LogP) is 2.22. The van der Waals surface area contributed by atoms with E-state index in [4.69, 9.17) is 4.74 Å². The van der Waals surface area contributed by atoms with Gasteiger partial charge in [0.05, 0.1) is 24.4 Å². The zero-order valence-electron chi connectivity index (χ0n) is 22.6. The number of thiophene rings is 1. The summed E-state index contributed by atoms with van der Waals surface area (Å²) in [6, 6.07) is 4.07. The Bertz CT molecular complexity index is 1670. The molecule has 1 fully saturated rings. The molecular formula is C27H31FN6O5S. The number of aliphatic hydroxyl groups excluding tert-OH is 1. The molecule has 1 N–H and O–H groups in total. The number of hydrogen-bond donors (Lipinski definition) is 1. The number of ether oxygens (including phenoxy) is 1. The number of aliphatic hydroxyl groups is 1. The van der Waals surface area contributed by atoms with E-state index in [1.165, 1.54) is 51.3 Å². The first kappa shape index (κ1) is 27.7. The van der Waals surface area contributed by atoms with Crippen molar-refractivity contribution in [2.75, 3.05) is 26.3 Å². The van der Waals surface area contributed by atoms with E-state index in [2.05, 4.69) is 10.2 Å². The fourth-order valence-corrected chi connectivity index (χ4v) is 6.45. The number of hydrogen-bond acceptors (Lipinski definition) is 8. The summed E-state index contributed by atoms with van der Waals surface area (Å²) in [5, 5.41) is 18.5. The molecule has 0 bridgehead atoms. The van der Waals surface area contributed by atoms with E-state index in [0.717, 1.165) is 17.4 Å². The first-order valence-electron chi connectivity index (χ1n) is 13.1. The normalized spacial score (nSPS) is 13.9. The lowest BCUT2D eigenvalue weighted by Crippen LogP contribution is -2.56. The Morgan fingerprint density at radius 3 is 2.55 bits per heavy atom. The molecule has 4 aromatic rings. The summed E-state index contributed by atoms with van der Waals surface area (Å²) in [6.45, 7) is 6.02. The highest BCUT2D eigenvalue weighted by Gasteiger charge is 2.39. The third-order valence-electron chi connectivity index (χ3n) is 7.24. The maximum Gasteiger partial charge on any atom is 0.333 e. The molecule has 1 amide bonds. The SMILES string of the molecule is Cc1c(-n2nccn2)sc2c1c(=O)n(C(C)(C)C(=O)N1CCCC1)c(=O)n2CCc1cc(F)ccc1OCCO. The Kier molecular flexibility index (Phi) is 7.60. The molecular weight excluding hydrogens is 539 g/mol. The van der Waals surface area contributed by atoms with Crippen molar-refractivity contribution in [3.63, 3.8) is 0 Å². The van der Waals surface area contributed by atoms with E-state index >= 15 is 0 Å². The molecule has 1 saturated heterocycles. The standard InChI is InChI=1S/C27H31FN6O5S/c1-17-21-22(36)33(27(2,3)25(37)31-11-4-5-12-31)26(38)32(24(21)40-23(17)34-29-9-10-30-34)13-8-18-16-19(28)6-7-20(18)39-15-14-35/h6-7,9-10,16,35H,4-5,8,11-15H2,1-3H3. The molecule has 0 radical (unpaired) electrons. The number of halogens is 1. The van der Waals surface area contributed by atoms with Gasteiger partial charge in [0.2, 0.25) is 5.91 Å². The molecule has 0 aliphatic carbocycles. The second kappa shape index (κ2) is 11.0. The number of rotatable bonds is 9. The molecule has 1 aromatic carbocycles. The number of likely N-dealkylation sites (tertiary alicyclic amines) is 1. The Balaban J connectivity index is 1.68. The number of amides is 1. The molecule has 0 spiro atoms. The van der Waals surface area contributed by atoms with Gasteiger partial charge in [0.1, 0.15) is 33.5 Å². The number of carbonyl (C=O) groups excluding carboxylic acids is 1. The van der Waals surface area contributed by atoms with Crippen molar-refractivity contribution in [3.05, 3.63) is 68.4 Å². The van der Waals surface area contributed by atoms with Gasteiger partial charge in [0.25, 0.3) is 5.56 Å². The van der Waals surface area contributed by atoms with Crippen molar-refractivity contribution in [1.29, 1.82) is 0 Å². The Morgan fingerprint density at radius 1 is 1.18 bits per heavy atom. The molecule has 0 unspecified atom stereocenters. The van der Waals surface area contributed by atoms with Crippen LogP contribution in [0.3, 0.4) is 0 Å². The summed E-state index contributed by atoms with van der Waals surface area (Å²) in [4.78, 5) is 45.2. The number of benzene rings is 1. The first-order valence-corrected chi connectivity index (χ1v) is 13.9. The summed E-state index contributed by atoms with van der Waals surface area (Å²) in [5.74, 6) is -0.367. The minimum Gasteiger partial charge on any atom is -0.491 e. The number of aryl methyl sites for hydroxylation is 3. The van der Waals surface area contributed by atoms with Crippen LogP contribution in [0.15, 0.2) is 40.2 Å². The Hall–Kier alpha value is -3.84. The van der Waals surface area contributed by atoms with Crippen molar-refractivity contribution in [2.45, 2.75) is 52.1 Å². The lowest BCUT2D eigenvalue weighted by molar-refractivity contribution is -0.138. The molecule has 4 heterocycles. The van der Waals surface area contributed by atoms with E-state index in [1.54, 1.807) is 25.7 Å². The Labute approximate surface area is 233 Å². The zero-order chi connectivity index (χ0) is 28.6. The van der Waals surface area contributed by atoms with Crippen LogP contribution in [-0.2, 0) is 23.3 Å². The maximum atomic E-state index is 14.2. The van der Waals surface area contributed by atoms with Gasteiger partial charge >= 0.3 is 5.69 Å². The summed E-state index contributed by atoms with van der Waals surface area (Å²) in [7, 11) is 0. The van der Waals surface area contributed by atoms with Gasteiger partial charge in [0, 0.05) is 25.2 Å². The van der Waals surface area contributed by atoms with Crippen LogP contribution in [-0.4, -0.2) is 66.3 Å². The molecule has 5 rings (SSSR count). The van der Waals surface area contributed by atoms with Crippen LogP contribution in [0.1, 0.15) is 37.8 Å². The van der Waals surface area contributed by atoms with Crippen LogP contribution in [0.4, 0.5) is 4.39 Å². The van der Waals surface area contributed by atoms with Gasteiger partial charge < -0.3 is 14.7 Å². The van der Waals surface area contributed by atoms with Crippen LogP contribution in [0.5, 0.6) is 5.75 Å². The van der Waals surface area contributed by atoms with Gasteiger partial charge in [-0.15, -0.1) is 4.80 Å². The second-order valence-corrected chi connectivity index (χ2v) is 11.2. The number of nitrogens with zero attached hydrogens (tertiary/aromatic N) is 6. The van der Waals surface area contributed by atoms with Crippen molar-refractivity contribution < 1.29 is 19.0 Å². The van der Waals surface area contributed by atoms with Crippen molar-refractivity contribution in [3.8, 4) is 10.8 Å². The van der Waals surface area contributed by atoms with Crippen molar-refractivity contribution in [1.82, 2.24) is 29.0 Å². The molecule has 0 saturated carbocycles. The second-order valence-electron chi connectivity index (χ2n) is 10.2. The van der Waals surface area contributed by atoms with Crippen LogP contribution < -0.4 is 16.0 Å². The fraction of sp³-hybridized carbons (Fsp3) is 0.444. The van der Waals surface area contributed by atoms with E-state index in [-0.39, 0.29) is 32.1 Å². The smallest absolute Gasteiger partial charge is 0.333 e. The van der Waals surface area contributed by atoms with E-state index in [9.17, 15) is 23.9 Å². The molecule has 212 valence electrons. The van der Waals surface area contributed by atoms with Crippen LogP contribution >= 0.6 is 11.3 Å². The molecule has 11 nitrogen and oxygen atoms in total. The molecule has 0 atom stereocenters. The number of fused-ring (bicyclic) bond motifs is 1. The fourth-order valence-electron chi connectivity index (χ4n) is 5.21. The lowest BCUT2D eigenvalue weighted by Gasteiger charge is -2.31. The van der Waals surface area contributed by atoms with Gasteiger partial charge in [-0.25, -0.2) is 13.8 Å². The van der Waals surface area contributed by atoms with Crippen LogP contribution in [0, 0.1) is 12.7 Å². The average Bonchev–Trinajstić information content (AvgIpc) is 3.69. The summed E-state index contributed by atoms with van der Waals surface area (Å²) < 4.78 is 22.3. The summed E-state index contributed by atoms with van der Waals surface area (Å²) in [6.07, 6.45) is 4.98. The lowest BCUT2D eigenvalue weighted by atomic mass is 10.0. The highest BCUT2D eigenvalue weighted by atomic mass is 32.1. The van der Waals surface area contributed by atoms with Gasteiger partial charge in [-0.3, -0.25) is 14.2 Å². The minimum absolute atomic E-state index is 0.0326. The van der Waals surface area contributed by atoms with Crippen LogP contribution in [0.25, 0.3) is 15.2 Å². The Morgan fingerprint density at radius 2 is 1.88 bits per heavy atom. The molecule has 13 heteroatoms. The van der Waals surface area contributed by atoms with E-state index in [1.807, 2.05) is 0 Å². The molecule has 1 aliphatic rings. The quantitative estimate of drug-likeness (QED) is 0.327. The van der Waals surface area contributed by atoms with Crippen molar-refractivity contribution in [2.24, 2.45) is 0 Å². The minimum atomic E-state index is -1.44. The van der Waals surface area contributed by atoms with Gasteiger partial charge in [0.15, 0.2) is 0 Å². The largest absolute Gasteiger partial charge is 0.491 e. The highest BCUT2D eigenvalue weighted by molar-refractivity contribution is 7.21. The van der Waals surface area contributed by atoms with E-state index in [0.29, 0.717) is 45.2 Å². The third-order valence-corrected chi connectivity index (χ3v) is 8.52. The number of aromatic nitrogens is 5. The maximum absolute atomic E-state index is 14.2. The van der Waals surface area contributed by atoms with E-state index < -0.39 is 22.6 Å². The number of carbonyl (C=O) groups is 1. The topological polar surface area (TPSA) is 124 Å². The van der Waals surface area contributed by atoms with Crippen LogP contribution in [0.2, 0.25) is 0 Å². The molecule has 40 heavy (non-hydrogen) atoms. The summed E-state index contributed by atoms with van der Waals surface area (Å²) in [5.41, 5.74) is -1.54. The van der Waals surface area contributed by atoms with Gasteiger partial charge in [-0.1, -0.05) is 11.3 Å². The first-order chi connectivity index (χ1) is 19.1. The van der Waals surface area contributed by atoms with Crippen molar-refractivity contribution >= 4 is 27.5 Å². The third kappa shape index (κ3) is 4.83. The summed E-state index contributed by atoms with van der Waals surface area (Å²) >= 11 is 1.20. The molecule has 1 aliphatic heterocycles. The van der Waals surface area contributed by atoms with Gasteiger partial charge in [-0.05, 0) is 63.8 Å². The monoisotopic (exact) mass is 570 g/mol.